The summed E-state index contributed by atoms with van der Waals surface area (Å²) in [5.41, 5.74) is 1.31. The molecule has 1 aromatic carbocycles. The van der Waals surface area contributed by atoms with E-state index in [-0.39, 0.29) is 10.9 Å². The third kappa shape index (κ3) is 3.06. The third-order valence-electron chi connectivity index (χ3n) is 3.39. The van der Waals surface area contributed by atoms with Gasteiger partial charge in [0.1, 0.15) is 17.2 Å². The van der Waals surface area contributed by atoms with E-state index in [1.807, 2.05) is 13.0 Å². The van der Waals surface area contributed by atoms with Crippen LogP contribution in [0.1, 0.15) is 12.5 Å². The molecule has 0 unspecified atom stereocenters. The number of ether oxygens (including phenoxy) is 1. The van der Waals surface area contributed by atoms with Crippen molar-refractivity contribution in [3.8, 4) is 5.88 Å². The normalized spacial score (nSPS) is 10.7. The van der Waals surface area contributed by atoms with Crippen molar-refractivity contribution in [3.05, 3.63) is 59.9 Å². The standard InChI is InChI=1S/C17H15F2N3O/c1-2-23-17-11(4-3-8-21-17)10-22-14-7-9-20-16-13(19)6-5-12(18)15(14)16/h3-9H,2,10H2,1H3,(H,20,22). The van der Waals surface area contributed by atoms with E-state index in [1.165, 1.54) is 6.20 Å². The second-order valence-corrected chi connectivity index (χ2v) is 4.87. The Labute approximate surface area is 132 Å². The number of pyridine rings is 2. The zero-order valence-electron chi connectivity index (χ0n) is 12.5. The zero-order valence-corrected chi connectivity index (χ0v) is 12.5. The lowest BCUT2D eigenvalue weighted by Crippen LogP contribution is -2.05. The summed E-state index contributed by atoms with van der Waals surface area (Å²) in [7, 11) is 0. The van der Waals surface area contributed by atoms with Gasteiger partial charge < -0.3 is 10.1 Å². The molecule has 4 nitrogen and oxygen atoms in total. The van der Waals surface area contributed by atoms with Crippen molar-refractivity contribution in [2.45, 2.75) is 13.5 Å². The Morgan fingerprint density at radius 1 is 1.04 bits per heavy atom. The van der Waals surface area contributed by atoms with Crippen LogP contribution in [0.5, 0.6) is 5.88 Å². The lowest BCUT2D eigenvalue weighted by Gasteiger charge is -2.12. The van der Waals surface area contributed by atoms with Crippen LogP contribution in [0.25, 0.3) is 10.9 Å². The predicted molar refractivity (Wildman–Crippen MR) is 84.4 cm³/mol. The maximum atomic E-state index is 14.1. The molecule has 2 heterocycles. The van der Waals surface area contributed by atoms with E-state index < -0.39 is 11.6 Å². The Morgan fingerprint density at radius 2 is 1.87 bits per heavy atom. The van der Waals surface area contributed by atoms with E-state index in [0.717, 1.165) is 17.7 Å². The number of nitrogens with zero attached hydrogens (tertiary/aromatic N) is 2. The summed E-state index contributed by atoms with van der Waals surface area (Å²) < 4.78 is 33.3. The van der Waals surface area contributed by atoms with Gasteiger partial charge in [-0.1, -0.05) is 6.07 Å². The molecule has 23 heavy (non-hydrogen) atoms. The Morgan fingerprint density at radius 3 is 2.70 bits per heavy atom. The topological polar surface area (TPSA) is 47.0 Å². The van der Waals surface area contributed by atoms with E-state index in [0.29, 0.717) is 24.7 Å². The molecule has 0 bridgehead atoms. The first kappa shape index (κ1) is 15.1. The molecule has 3 rings (SSSR count). The number of anilines is 1. The van der Waals surface area contributed by atoms with Crippen LogP contribution in [0, 0.1) is 11.6 Å². The van der Waals surface area contributed by atoms with Gasteiger partial charge in [0, 0.05) is 30.2 Å². The summed E-state index contributed by atoms with van der Waals surface area (Å²) in [5.74, 6) is -0.554. The highest BCUT2D eigenvalue weighted by atomic mass is 19.1. The fraction of sp³-hybridized carbons (Fsp3) is 0.176. The smallest absolute Gasteiger partial charge is 0.218 e. The molecule has 6 heteroatoms. The number of halogens is 2. The maximum absolute atomic E-state index is 14.1. The number of aromatic nitrogens is 2. The fourth-order valence-electron chi connectivity index (χ4n) is 2.36. The van der Waals surface area contributed by atoms with Gasteiger partial charge in [-0.2, -0.15) is 0 Å². The van der Waals surface area contributed by atoms with E-state index in [1.54, 1.807) is 18.3 Å². The Kier molecular flexibility index (Phi) is 4.32. The van der Waals surface area contributed by atoms with Crippen LogP contribution < -0.4 is 10.1 Å². The lowest BCUT2D eigenvalue weighted by molar-refractivity contribution is 0.323. The Balaban J connectivity index is 1.93. The molecule has 0 saturated carbocycles. The first-order chi connectivity index (χ1) is 11.2. The summed E-state index contributed by atoms with van der Waals surface area (Å²) in [6.07, 6.45) is 3.09. The first-order valence-corrected chi connectivity index (χ1v) is 7.24. The van der Waals surface area contributed by atoms with Crippen LogP contribution in [-0.4, -0.2) is 16.6 Å². The molecule has 0 aliphatic rings. The van der Waals surface area contributed by atoms with Crippen LogP contribution in [0.15, 0.2) is 42.7 Å². The Hall–Kier alpha value is -2.76. The number of rotatable bonds is 5. The molecule has 1 N–H and O–H groups in total. The molecule has 0 saturated heterocycles. The summed E-state index contributed by atoms with van der Waals surface area (Å²) in [6, 6.07) is 7.44. The molecule has 0 aliphatic heterocycles. The van der Waals surface area contributed by atoms with Gasteiger partial charge in [-0.3, -0.25) is 4.98 Å². The molecule has 0 amide bonds. The molecule has 0 radical (unpaired) electrons. The van der Waals surface area contributed by atoms with E-state index in [9.17, 15) is 8.78 Å². The van der Waals surface area contributed by atoms with Crippen molar-refractivity contribution in [3.63, 3.8) is 0 Å². The molecule has 2 aromatic heterocycles. The monoisotopic (exact) mass is 315 g/mol. The van der Waals surface area contributed by atoms with Crippen molar-refractivity contribution in [2.24, 2.45) is 0 Å². The largest absolute Gasteiger partial charge is 0.478 e. The van der Waals surface area contributed by atoms with Crippen molar-refractivity contribution >= 4 is 16.6 Å². The van der Waals surface area contributed by atoms with Gasteiger partial charge in [0.25, 0.3) is 0 Å². The number of nitrogens with one attached hydrogen (secondary N) is 1. The van der Waals surface area contributed by atoms with Crippen LogP contribution in [0.4, 0.5) is 14.5 Å². The van der Waals surface area contributed by atoms with Gasteiger partial charge in [-0.25, -0.2) is 13.8 Å². The zero-order chi connectivity index (χ0) is 16.2. The van der Waals surface area contributed by atoms with Gasteiger partial charge in [-0.15, -0.1) is 0 Å². The second-order valence-electron chi connectivity index (χ2n) is 4.87. The molecular weight excluding hydrogens is 300 g/mol. The lowest BCUT2D eigenvalue weighted by atomic mass is 10.1. The fourth-order valence-corrected chi connectivity index (χ4v) is 2.36. The van der Waals surface area contributed by atoms with Gasteiger partial charge in [0.15, 0.2) is 0 Å². The summed E-state index contributed by atoms with van der Waals surface area (Å²) in [4.78, 5) is 8.08. The predicted octanol–water partition coefficient (Wildman–Crippen LogP) is 3.92. The maximum Gasteiger partial charge on any atom is 0.218 e. The number of fused-ring (bicyclic) bond motifs is 1. The van der Waals surface area contributed by atoms with Crippen LogP contribution in [0.3, 0.4) is 0 Å². The van der Waals surface area contributed by atoms with Crippen molar-refractivity contribution in [1.82, 2.24) is 9.97 Å². The molecule has 0 fully saturated rings. The van der Waals surface area contributed by atoms with Crippen molar-refractivity contribution in [2.75, 3.05) is 11.9 Å². The quantitative estimate of drug-likeness (QED) is 0.775. The molecule has 0 spiro atoms. The summed E-state index contributed by atoms with van der Waals surface area (Å²) in [6.45, 7) is 2.75. The second kappa shape index (κ2) is 6.56. The van der Waals surface area contributed by atoms with Crippen molar-refractivity contribution in [1.29, 1.82) is 0 Å². The highest BCUT2D eigenvalue weighted by Gasteiger charge is 2.12. The van der Waals surface area contributed by atoms with E-state index in [4.69, 9.17) is 4.74 Å². The molecule has 0 atom stereocenters. The van der Waals surface area contributed by atoms with Crippen molar-refractivity contribution < 1.29 is 13.5 Å². The van der Waals surface area contributed by atoms with Crippen LogP contribution in [0.2, 0.25) is 0 Å². The molecular formula is C17H15F2N3O. The number of hydrogen-bond acceptors (Lipinski definition) is 4. The highest BCUT2D eigenvalue weighted by Crippen LogP contribution is 2.27. The minimum absolute atomic E-state index is 0.00576. The van der Waals surface area contributed by atoms with Gasteiger partial charge in [-0.05, 0) is 31.2 Å². The minimum Gasteiger partial charge on any atom is -0.478 e. The van der Waals surface area contributed by atoms with Gasteiger partial charge >= 0.3 is 0 Å². The average molecular weight is 315 g/mol. The highest BCUT2D eigenvalue weighted by molar-refractivity contribution is 5.91. The van der Waals surface area contributed by atoms with E-state index in [2.05, 4.69) is 15.3 Å². The molecule has 0 aliphatic carbocycles. The Bertz CT molecular complexity index is 839. The first-order valence-electron chi connectivity index (χ1n) is 7.24. The molecule has 3 aromatic rings. The number of benzene rings is 1. The minimum atomic E-state index is -0.554. The van der Waals surface area contributed by atoms with Gasteiger partial charge in [0.2, 0.25) is 5.88 Å². The number of hydrogen-bond donors (Lipinski definition) is 1. The summed E-state index contributed by atoms with van der Waals surface area (Å²) >= 11 is 0. The third-order valence-corrected chi connectivity index (χ3v) is 3.39. The van der Waals surface area contributed by atoms with Gasteiger partial charge in [0.05, 0.1) is 12.0 Å². The summed E-state index contributed by atoms with van der Waals surface area (Å²) in [5, 5.41) is 3.24. The average Bonchev–Trinajstić information content (AvgIpc) is 2.57. The van der Waals surface area contributed by atoms with E-state index >= 15 is 0 Å². The SMILES string of the molecule is CCOc1ncccc1CNc1ccnc2c(F)ccc(F)c12. The van der Waals surface area contributed by atoms with Crippen LogP contribution in [-0.2, 0) is 6.54 Å². The van der Waals surface area contributed by atoms with Crippen LogP contribution >= 0.6 is 0 Å². The molecule has 118 valence electrons.